The van der Waals surface area contributed by atoms with Crippen LogP contribution >= 0.6 is 0 Å². The Morgan fingerprint density at radius 1 is 1.29 bits per heavy atom. The lowest BCUT2D eigenvalue weighted by Crippen LogP contribution is -2.46. The van der Waals surface area contributed by atoms with Gasteiger partial charge in [0.25, 0.3) is 0 Å². The second kappa shape index (κ2) is 4.31. The molecule has 0 bridgehead atoms. The van der Waals surface area contributed by atoms with Gasteiger partial charge in [-0.05, 0) is 46.0 Å². The molecule has 1 aliphatic carbocycles. The molecule has 1 aliphatic heterocycles. The molecule has 1 unspecified atom stereocenters. The molecule has 1 saturated heterocycles. The van der Waals surface area contributed by atoms with Crippen LogP contribution in [-0.4, -0.2) is 35.5 Å². The summed E-state index contributed by atoms with van der Waals surface area (Å²) in [6.07, 6.45) is 2.81. The van der Waals surface area contributed by atoms with Crippen molar-refractivity contribution < 1.29 is 14.3 Å². The van der Waals surface area contributed by atoms with E-state index in [1.165, 1.54) is 17.7 Å². The molecule has 1 saturated carbocycles. The number of piperidine rings is 1. The first-order chi connectivity index (χ1) is 7.87. The average molecular weight is 239 g/mol. The van der Waals surface area contributed by atoms with E-state index in [0.717, 1.165) is 6.42 Å². The topological polar surface area (TPSA) is 46.6 Å². The first kappa shape index (κ1) is 12.4. The van der Waals surface area contributed by atoms with Crippen LogP contribution < -0.4 is 0 Å². The third-order valence-corrected chi connectivity index (χ3v) is 3.31. The van der Waals surface area contributed by atoms with E-state index in [0.29, 0.717) is 12.5 Å². The Morgan fingerprint density at radius 3 is 2.41 bits per heavy atom. The lowest BCUT2D eigenvalue weighted by atomic mass is 9.91. The number of Topliss-reactive ketones (excluding diaryl/α,β-unsaturated/α-hetero) is 1. The molecule has 2 aliphatic rings. The Morgan fingerprint density at radius 2 is 1.94 bits per heavy atom. The summed E-state index contributed by atoms with van der Waals surface area (Å²) in [4.78, 5) is 25.2. The van der Waals surface area contributed by atoms with Crippen molar-refractivity contribution in [3.8, 4) is 0 Å². The van der Waals surface area contributed by atoms with Crippen LogP contribution in [0.15, 0.2) is 0 Å². The van der Waals surface area contributed by atoms with Gasteiger partial charge in [-0.1, -0.05) is 0 Å². The quantitative estimate of drug-likeness (QED) is 0.705. The van der Waals surface area contributed by atoms with E-state index < -0.39 is 5.60 Å². The number of nitrogens with zero attached hydrogens (tertiary/aromatic N) is 1. The minimum absolute atomic E-state index is 0.202. The van der Waals surface area contributed by atoms with Crippen LogP contribution in [0.1, 0.15) is 40.0 Å². The predicted octanol–water partition coefficient (Wildman–Crippen LogP) is 2.22. The van der Waals surface area contributed by atoms with E-state index in [-0.39, 0.29) is 24.3 Å². The summed E-state index contributed by atoms with van der Waals surface area (Å²) in [6.45, 7) is 6.40. The van der Waals surface area contributed by atoms with E-state index in [9.17, 15) is 9.59 Å². The van der Waals surface area contributed by atoms with E-state index in [1.807, 2.05) is 20.8 Å². The van der Waals surface area contributed by atoms with Crippen molar-refractivity contribution in [2.75, 3.05) is 13.1 Å². The molecular formula is C13H21NO3. The van der Waals surface area contributed by atoms with E-state index in [1.54, 1.807) is 0 Å². The number of likely N-dealkylation sites (tertiary alicyclic amines) is 1. The SMILES string of the molecule is CC(C)(C)OC(=O)N1CCC(C2CC2)C(=O)C1. The Kier molecular flexibility index (Phi) is 3.15. The first-order valence-corrected chi connectivity index (χ1v) is 6.37. The highest BCUT2D eigenvalue weighted by Crippen LogP contribution is 2.40. The highest BCUT2D eigenvalue weighted by molar-refractivity contribution is 5.87. The Balaban J connectivity index is 1.88. The summed E-state index contributed by atoms with van der Waals surface area (Å²) in [5.41, 5.74) is -0.493. The van der Waals surface area contributed by atoms with Gasteiger partial charge in [-0.3, -0.25) is 4.79 Å². The molecule has 4 heteroatoms. The van der Waals surface area contributed by atoms with Crippen LogP contribution in [-0.2, 0) is 9.53 Å². The predicted molar refractivity (Wildman–Crippen MR) is 63.6 cm³/mol. The lowest BCUT2D eigenvalue weighted by Gasteiger charge is -2.32. The summed E-state index contributed by atoms with van der Waals surface area (Å²) in [5.74, 6) is 1.02. The molecular weight excluding hydrogens is 218 g/mol. The van der Waals surface area contributed by atoms with Crippen LogP contribution in [0.2, 0.25) is 0 Å². The van der Waals surface area contributed by atoms with Crippen molar-refractivity contribution in [2.45, 2.75) is 45.6 Å². The molecule has 1 heterocycles. The standard InChI is InChI=1S/C13H21NO3/c1-13(2,3)17-12(16)14-7-6-10(9-4-5-9)11(15)8-14/h9-10H,4-8H2,1-3H3. The minimum Gasteiger partial charge on any atom is -0.444 e. The smallest absolute Gasteiger partial charge is 0.410 e. The molecule has 96 valence electrons. The molecule has 0 spiro atoms. The van der Waals surface area contributed by atoms with Gasteiger partial charge in [0.15, 0.2) is 5.78 Å². The zero-order valence-corrected chi connectivity index (χ0v) is 10.9. The van der Waals surface area contributed by atoms with E-state index in [2.05, 4.69) is 0 Å². The largest absolute Gasteiger partial charge is 0.444 e. The molecule has 0 N–H and O–H groups in total. The second-order valence-electron chi connectivity index (χ2n) is 6.10. The third kappa shape index (κ3) is 3.20. The van der Waals surface area contributed by atoms with Gasteiger partial charge in [0, 0.05) is 12.5 Å². The molecule has 0 aromatic carbocycles. The van der Waals surface area contributed by atoms with Gasteiger partial charge in [-0.15, -0.1) is 0 Å². The van der Waals surface area contributed by atoms with Crippen molar-refractivity contribution in [1.82, 2.24) is 4.90 Å². The summed E-state index contributed by atoms with van der Waals surface area (Å²) in [5, 5.41) is 0. The number of rotatable bonds is 1. The molecule has 17 heavy (non-hydrogen) atoms. The molecule has 2 fully saturated rings. The third-order valence-electron chi connectivity index (χ3n) is 3.31. The van der Waals surface area contributed by atoms with Gasteiger partial charge >= 0.3 is 6.09 Å². The van der Waals surface area contributed by atoms with E-state index in [4.69, 9.17) is 4.74 Å². The Hall–Kier alpha value is -1.06. The lowest BCUT2D eigenvalue weighted by molar-refractivity contribution is -0.127. The molecule has 4 nitrogen and oxygen atoms in total. The number of amides is 1. The van der Waals surface area contributed by atoms with Crippen LogP contribution in [0, 0.1) is 11.8 Å². The molecule has 0 aromatic heterocycles. The number of carbonyl (C=O) groups excluding carboxylic acids is 2. The summed E-state index contributed by atoms with van der Waals surface area (Å²) < 4.78 is 5.27. The van der Waals surface area contributed by atoms with Crippen molar-refractivity contribution in [3.05, 3.63) is 0 Å². The molecule has 0 radical (unpaired) electrons. The van der Waals surface area contributed by atoms with Gasteiger partial charge in [0.2, 0.25) is 0 Å². The summed E-state index contributed by atoms with van der Waals surface area (Å²) >= 11 is 0. The maximum absolute atomic E-state index is 11.9. The highest BCUT2D eigenvalue weighted by Gasteiger charge is 2.40. The number of ether oxygens (including phenoxy) is 1. The van der Waals surface area contributed by atoms with Crippen LogP contribution in [0.25, 0.3) is 0 Å². The van der Waals surface area contributed by atoms with Crippen molar-refractivity contribution in [2.24, 2.45) is 11.8 Å². The van der Waals surface area contributed by atoms with E-state index >= 15 is 0 Å². The minimum atomic E-state index is -0.493. The highest BCUT2D eigenvalue weighted by atomic mass is 16.6. The fourth-order valence-electron chi connectivity index (χ4n) is 2.32. The summed E-state index contributed by atoms with van der Waals surface area (Å²) in [7, 11) is 0. The van der Waals surface area contributed by atoms with Gasteiger partial charge in [-0.25, -0.2) is 4.79 Å². The van der Waals surface area contributed by atoms with Gasteiger partial charge in [-0.2, -0.15) is 0 Å². The monoisotopic (exact) mass is 239 g/mol. The van der Waals surface area contributed by atoms with Gasteiger partial charge < -0.3 is 9.64 Å². The van der Waals surface area contributed by atoms with Crippen molar-refractivity contribution >= 4 is 11.9 Å². The number of ketones is 1. The normalized spacial score (nSPS) is 25.9. The van der Waals surface area contributed by atoms with Crippen LogP contribution in [0.5, 0.6) is 0 Å². The van der Waals surface area contributed by atoms with Crippen molar-refractivity contribution in [1.29, 1.82) is 0 Å². The zero-order chi connectivity index (χ0) is 12.6. The average Bonchev–Trinajstić information content (AvgIpc) is 2.98. The molecule has 2 rings (SSSR count). The van der Waals surface area contributed by atoms with Crippen LogP contribution in [0.3, 0.4) is 0 Å². The number of hydrogen-bond donors (Lipinski definition) is 0. The molecule has 1 atom stereocenters. The first-order valence-electron chi connectivity index (χ1n) is 6.37. The second-order valence-corrected chi connectivity index (χ2v) is 6.10. The van der Waals surface area contributed by atoms with Crippen molar-refractivity contribution in [3.63, 3.8) is 0 Å². The molecule has 0 aromatic rings. The maximum Gasteiger partial charge on any atom is 0.410 e. The maximum atomic E-state index is 11.9. The fourth-order valence-corrected chi connectivity index (χ4v) is 2.32. The fraction of sp³-hybridized carbons (Fsp3) is 0.846. The Bertz CT molecular complexity index is 328. The van der Waals surface area contributed by atoms with Gasteiger partial charge in [0.05, 0.1) is 6.54 Å². The number of carbonyl (C=O) groups is 2. The zero-order valence-electron chi connectivity index (χ0n) is 10.9. The van der Waals surface area contributed by atoms with Gasteiger partial charge in [0.1, 0.15) is 5.60 Å². The Labute approximate surface area is 102 Å². The van der Waals surface area contributed by atoms with Crippen LogP contribution in [0.4, 0.5) is 4.79 Å². The summed E-state index contributed by atoms with van der Waals surface area (Å²) in [6, 6.07) is 0. The molecule has 1 amide bonds. The number of hydrogen-bond acceptors (Lipinski definition) is 3.